The first-order chi connectivity index (χ1) is 15.5. The summed E-state index contributed by atoms with van der Waals surface area (Å²) in [7, 11) is -6.42. The van der Waals surface area contributed by atoms with E-state index in [9.17, 15) is 0 Å². The van der Waals surface area contributed by atoms with Gasteiger partial charge in [0.25, 0.3) is 25.0 Å². The molecule has 0 fully saturated rings. The molecule has 0 amide bonds. The Hall–Kier alpha value is -1.06. The molecule has 0 N–H and O–H groups in total. The van der Waals surface area contributed by atoms with Crippen LogP contribution >= 0.6 is 0 Å². The SMILES string of the molecule is CCC/N=C\c1cc(O[Si](C)(C)C(C)(C)C)c(O[Si](C)(C)C(C)(C)C)c(O[Si](C)(C)C(C)(C)C)c1. The maximum absolute atomic E-state index is 7.02. The van der Waals surface area contributed by atoms with Gasteiger partial charge in [-0.2, -0.15) is 0 Å². The van der Waals surface area contributed by atoms with Gasteiger partial charge in [-0.05, 0) is 78.5 Å². The maximum Gasteiger partial charge on any atom is 0.250 e. The molecule has 0 radical (unpaired) electrons. The van der Waals surface area contributed by atoms with E-state index in [1.165, 1.54) is 0 Å². The first-order valence-electron chi connectivity index (χ1n) is 13.2. The van der Waals surface area contributed by atoms with Crippen molar-refractivity contribution >= 4 is 31.2 Å². The average molecular weight is 538 g/mol. The number of aliphatic imine (C=N–C) groups is 1. The molecule has 1 aromatic rings. The zero-order valence-corrected chi connectivity index (χ0v) is 28.8. The summed E-state index contributed by atoms with van der Waals surface area (Å²) in [4.78, 5) is 4.63. The quantitative estimate of drug-likeness (QED) is 0.232. The summed E-state index contributed by atoms with van der Waals surface area (Å²) in [6.07, 6.45) is 2.97. The topological polar surface area (TPSA) is 40.0 Å². The molecular formula is C28H55NO3Si3. The first kappa shape index (κ1) is 32.0. The van der Waals surface area contributed by atoms with E-state index in [1.807, 2.05) is 6.21 Å². The smallest absolute Gasteiger partial charge is 0.250 e. The van der Waals surface area contributed by atoms with Gasteiger partial charge in [-0.3, -0.25) is 4.99 Å². The lowest BCUT2D eigenvalue weighted by molar-refractivity contribution is 0.412. The van der Waals surface area contributed by atoms with Gasteiger partial charge in [-0.1, -0.05) is 69.2 Å². The Morgan fingerprint density at radius 3 is 1.31 bits per heavy atom. The van der Waals surface area contributed by atoms with E-state index in [1.54, 1.807) is 0 Å². The third-order valence-electron chi connectivity index (χ3n) is 8.14. The van der Waals surface area contributed by atoms with Gasteiger partial charge in [0.05, 0.1) is 0 Å². The third kappa shape index (κ3) is 8.22. The van der Waals surface area contributed by atoms with Crippen molar-refractivity contribution in [3.8, 4) is 17.2 Å². The molecule has 0 saturated heterocycles. The normalized spacial score (nSPS) is 14.4. The minimum atomic E-state index is -2.16. The van der Waals surface area contributed by atoms with Crippen molar-refractivity contribution in [1.29, 1.82) is 0 Å². The van der Waals surface area contributed by atoms with Gasteiger partial charge in [0.15, 0.2) is 5.75 Å². The van der Waals surface area contributed by atoms with Crippen LogP contribution in [0.25, 0.3) is 0 Å². The Labute approximate surface area is 220 Å². The second-order valence-electron chi connectivity index (χ2n) is 14.5. The van der Waals surface area contributed by atoms with Crippen LogP contribution in [-0.4, -0.2) is 37.7 Å². The van der Waals surface area contributed by atoms with E-state index < -0.39 is 25.0 Å². The van der Waals surface area contributed by atoms with Crippen LogP contribution < -0.4 is 13.3 Å². The zero-order chi connectivity index (χ0) is 27.7. The largest absolute Gasteiger partial charge is 0.541 e. The van der Waals surface area contributed by atoms with Crippen LogP contribution in [-0.2, 0) is 0 Å². The summed E-state index contributed by atoms with van der Waals surface area (Å²) in [5.41, 5.74) is 1.00. The molecule has 0 aliphatic carbocycles. The summed E-state index contributed by atoms with van der Waals surface area (Å²) < 4.78 is 20.9. The van der Waals surface area contributed by atoms with E-state index in [2.05, 4.69) is 126 Å². The molecule has 0 aromatic heterocycles. The summed E-state index contributed by atoms with van der Waals surface area (Å²) in [5.74, 6) is 2.38. The van der Waals surface area contributed by atoms with Gasteiger partial charge in [0, 0.05) is 12.8 Å². The number of rotatable bonds is 9. The minimum Gasteiger partial charge on any atom is -0.541 e. The lowest BCUT2D eigenvalue weighted by atomic mass is 10.2. The fraction of sp³-hybridized carbons (Fsp3) is 0.750. The Kier molecular flexibility index (Phi) is 9.81. The Bertz CT molecular complexity index is 837. The highest BCUT2D eigenvalue weighted by Gasteiger charge is 2.44. The number of hydrogen-bond acceptors (Lipinski definition) is 4. The van der Waals surface area contributed by atoms with Crippen LogP contribution in [0.2, 0.25) is 54.4 Å². The molecule has 0 bridgehead atoms. The van der Waals surface area contributed by atoms with E-state index in [0.717, 1.165) is 35.8 Å². The molecule has 1 aromatic carbocycles. The lowest BCUT2D eigenvalue weighted by Crippen LogP contribution is -2.47. The van der Waals surface area contributed by atoms with Gasteiger partial charge >= 0.3 is 0 Å². The number of hydrogen-bond donors (Lipinski definition) is 0. The standard InChI is InChI=1S/C28H55NO3Si3/c1-17-18-29-21-22-19-23(30-33(11,12)26(2,3)4)25(32-35(15,16)28(8,9)10)24(20-22)31-34(13,14)27(5,6)7/h19-21H,17-18H2,1-16H3/b29-21-. The van der Waals surface area contributed by atoms with Crippen molar-refractivity contribution < 1.29 is 13.3 Å². The molecule has 4 nitrogen and oxygen atoms in total. The van der Waals surface area contributed by atoms with Gasteiger partial charge in [-0.15, -0.1) is 0 Å². The molecule has 35 heavy (non-hydrogen) atoms. The minimum absolute atomic E-state index is 0.0523. The van der Waals surface area contributed by atoms with Gasteiger partial charge in [-0.25, -0.2) is 0 Å². The van der Waals surface area contributed by atoms with Crippen LogP contribution in [0.4, 0.5) is 0 Å². The molecular weight excluding hydrogens is 483 g/mol. The molecule has 0 heterocycles. The number of nitrogens with zero attached hydrogens (tertiary/aromatic N) is 1. The first-order valence-corrected chi connectivity index (χ1v) is 21.9. The maximum atomic E-state index is 7.02. The summed E-state index contributed by atoms with van der Waals surface area (Å²) in [6.45, 7) is 37.1. The summed E-state index contributed by atoms with van der Waals surface area (Å²) >= 11 is 0. The molecule has 1 rings (SSSR count). The second-order valence-corrected chi connectivity index (χ2v) is 28.6. The van der Waals surface area contributed by atoms with Crippen LogP contribution in [0.1, 0.15) is 81.2 Å². The van der Waals surface area contributed by atoms with Crippen molar-refractivity contribution in [1.82, 2.24) is 0 Å². The van der Waals surface area contributed by atoms with Gasteiger partial charge in [0.2, 0.25) is 0 Å². The molecule has 202 valence electrons. The number of benzene rings is 1. The molecule has 0 saturated carbocycles. The van der Waals surface area contributed by atoms with Crippen molar-refractivity contribution in [2.45, 2.75) is 130 Å². The molecule has 0 unspecified atom stereocenters. The highest BCUT2D eigenvalue weighted by atomic mass is 28.4. The third-order valence-corrected chi connectivity index (χ3v) is 21.2. The Morgan fingerprint density at radius 2 is 1.00 bits per heavy atom. The van der Waals surface area contributed by atoms with Gasteiger partial charge < -0.3 is 13.3 Å². The van der Waals surface area contributed by atoms with Crippen LogP contribution in [0, 0.1) is 0 Å². The predicted octanol–water partition coefficient (Wildman–Crippen LogP) is 9.67. The molecule has 7 heteroatoms. The van der Waals surface area contributed by atoms with Gasteiger partial charge in [0.1, 0.15) is 11.5 Å². The zero-order valence-electron chi connectivity index (χ0n) is 25.8. The van der Waals surface area contributed by atoms with Crippen molar-refractivity contribution in [2.24, 2.45) is 4.99 Å². The monoisotopic (exact) mass is 537 g/mol. The molecule has 0 spiro atoms. The van der Waals surface area contributed by atoms with E-state index in [-0.39, 0.29) is 15.1 Å². The van der Waals surface area contributed by atoms with Crippen LogP contribution in [0.15, 0.2) is 17.1 Å². The molecule has 0 aliphatic rings. The second kappa shape index (κ2) is 10.7. The van der Waals surface area contributed by atoms with Crippen molar-refractivity contribution in [2.75, 3.05) is 6.54 Å². The lowest BCUT2D eigenvalue weighted by Gasteiger charge is -2.42. The van der Waals surface area contributed by atoms with Crippen LogP contribution in [0.5, 0.6) is 17.2 Å². The molecule has 0 atom stereocenters. The highest BCUT2D eigenvalue weighted by Crippen LogP contribution is 2.49. The summed E-state index contributed by atoms with van der Waals surface area (Å²) in [5, 5.41) is 0.179. The van der Waals surface area contributed by atoms with E-state index in [0.29, 0.717) is 0 Å². The Balaban J connectivity index is 3.91. The fourth-order valence-corrected chi connectivity index (χ4v) is 5.52. The predicted molar refractivity (Wildman–Crippen MR) is 163 cm³/mol. The average Bonchev–Trinajstić information content (AvgIpc) is 2.61. The Morgan fingerprint density at radius 1 is 0.657 bits per heavy atom. The van der Waals surface area contributed by atoms with Crippen molar-refractivity contribution in [3.63, 3.8) is 0 Å². The van der Waals surface area contributed by atoms with Crippen LogP contribution in [0.3, 0.4) is 0 Å². The fourth-order valence-electron chi connectivity index (χ4n) is 2.49. The van der Waals surface area contributed by atoms with E-state index in [4.69, 9.17) is 13.3 Å². The van der Waals surface area contributed by atoms with E-state index >= 15 is 0 Å². The highest BCUT2D eigenvalue weighted by molar-refractivity contribution is 6.76. The van der Waals surface area contributed by atoms with Crippen molar-refractivity contribution in [3.05, 3.63) is 17.7 Å². The molecule has 0 aliphatic heterocycles. The summed E-state index contributed by atoms with van der Waals surface area (Å²) in [6, 6.07) is 4.22.